The third-order valence-electron chi connectivity index (χ3n) is 6.96. The number of alkyl halides is 3. The molecule has 1 fully saturated rings. The molecule has 1 amide bonds. The minimum atomic E-state index is -4.44. The van der Waals surface area contributed by atoms with E-state index in [2.05, 4.69) is 5.32 Å². The van der Waals surface area contributed by atoms with E-state index in [0.717, 1.165) is 32.1 Å². The van der Waals surface area contributed by atoms with Crippen LogP contribution in [0.25, 0.3) is 0 Å². The predicted octanol–water partition coefficient (Wildman–Crippen LogP) is 5.12. The van der Waals surface area contributed by atoms with Gasteiger partial charge in [-0.25, -0.2) is 0 Å². The van der Waals surface area contributed by atoms with Gasteiger partial charge in [-0.15, -0.1) is 0 Å². The standard InChI is InChI=1S/C27H31F3N2O5/c1-31-22(15-25(33)34)26(35)32-11-12-36-24-14-19(8-10-23(24)32)37-16-17-7-9-20(18-5-3-2-4-6-18)21(13-17)27(28,29)30/h7-10,13-14,18,22,31H,2-6,11-12,15-16H2,1H3,(H,33,34)/t22-/m1/s1. The molecule has 0 radical (unpaired) electrons. The Morgan fingerprint density at radius 2 is 1.92 bits per heavy atom. The molecule has 0 unspecified atom stereocenters. The molecule has 1 heterocycles. The molecule has 0 spiro atoms. The van der Waals surface area contributed by atoms with Crippen LogP contribution in [-0.4, -0.2) is 43.2 Å². The first-order valence-electron chi connectivity index (χ1n) is 12.5. The minimum absolute atomic E-state index is 0.0596. The van der Waals surface area contributed by atoms with Crippen LogP contribution in [0.15, 0.2) is 36.4 Å². The Bertz CT molecular complexity index is 1130. The molecule has 37 heavy (non-hydrogen) atoms. The number of benzene rings is 2. The third kappa shape index (κ3) is 6.36. The lowest BCUT2D eigenvalue weighted by molar-refractivity contribution is -0.139. The summed E-state index contributed by atoms with van der Waals surface area (Å²) in [5, 5.41) is 11.8. The SMILES string of the molecule is CN[C@H](CC(=O)O)C(=O)N1CCOc2cc(OCc3ccc(C4CCCCC4)c(C(F)(F)F)c3)ccc21. The summed E-state index contributed by atoms with van der Waals surface area (Å²) in [7, 11) is 1.52. The first kappa shape index (κ1) is 26.8. The Kier molecular flexibility index (Phi) is 8.26. The fourth-order valence-corrected chi connectivity index (χ4v) is 5.07. The Hall–Kier alpha value is -3.27. The molecule has 7 nitrogen and oxygen atoms in total. The quantitative estimate of drug-likeness (QED) is 0.503. The molecule has 2 N–H and O–H groups in total. The average molecular weight is 521 g/mol. The van der Waals surface area contributed by atoms with E-state index in [-0.39, 0.29) is 38.0 Å². The number of fused-ring (bicyclic) bond motifs is 1. The lowest BCUT2D eigenvalue weighted by Crippen LogP contribution is -2.49. The lowest BCUT2D eigenvalue weighted by atomic mass is 9.81. The molecule has 4 rings (SSSR count). The van der Waals surface area contributed by atoms with E-state index < -0.39 is 23.8 Å². The molecule has 1 aliphatic carbocycles. The molecule has 0 saturated heterocycles. The van der Waals surface area contributed by atoms with Crippen LogP contribution < -0.4 is 19.7 Å². The van der Waals surface area contributed by atoms with Gasteiger partial charge in [-0.05, 0) is 55.1 Å². The van der Waals surface area contributed by atoms with Crippen molar-refractivity contribution in [2.45, 2.75) is 63.3 Å². The van der Waals surface area contributed by atoms with Crippen LogP contribution in [0.4, 0.5) is 18.9 Å². The van der Waals surface area contributed by atoms with E-state index in [1.165, 1.54) is 18.0 Å². The maximum atomic E-state index is 13.9. The zero-order valence-electron chi connectivity index (χ0n) is 20.6. The highest BCUT2D eigenvalue weighted by molar-refractivity contribution is 6.00. The molecular weight excluding hydrogens is 489 g/mol. The zero-order valence-corrected chi connectivity index (χ0v) is 20.6. The van der Waals surface area contributed by atoms with Crippen molar-refractivity contribution < 1.29 is 37.3 Å². The van der Waals surface area contributed by atoms with Crippen molar-refractivity contribution in [3.05, 3.63) is 53.1 Å². The van der Waals surface area contributed by atoms with Crippen molar-refractivity contribution in [1.29, 1.82) is 0 Å². The molecule has 2 aromatic rings. The van der Waals surface area contributed by atoms with Gasteiger partial charge in [0.1, 0.15) is 24.7 Å². The largest absolute Gasteiger partial charge is 0.489 e. The lowest BCUT2D eigenvalue weighted by Gasteiger charge is -2.32. The van der Waals surface area contributed by atoms with Gasteiger partial charge in [0.25, 0.3) is 0 Å². The second-order valence-electron chi connectivity index (χ2n) is 9.45. The smallest absolute Gasteiger partial charge is 0.416 e. The number of rotatable bonds is 8. The molecule has 200 valence electrons. The van der Waals surface area contributed by atoms with Gasteiger partial charge < -0.3 is 24.8 Å². The number of hydrogen-bond acceptors (Lipinski definition) is 5. The molecule has 1 saturated carbocycles. The highest BCUT2D eigenvalue weighted by Crippen LogP contribution is 2.41. The average Bonchev–Trinajstić information content (AvgIpc) is 2.89. The van der Waals surface area contributed by atoms with Crippen LogP contribution in [0.1, 0.15) is 61.1 Å². The Morgan fingerprint density at radius 3 is 2.59 bits per heavy atom. The van der Waals surface area contributed by atoms with Crippen LogP contribution >= 0.6 is 0 Å². The second-order valence-corrected chi connectivity index (χ2v) is 9.45. The summed E-state index contributed by atoms with van der Waals surface area (Å²) in [5.74, 6) is -0.785. The maximum Gasteiger partial charge on any atom is 0.416 e. The fourth-order valence-electron chi connectivity index (χ4n) is 5.07. The van der Waals surface area contributed by atoms with Crippen molar-refractivity contribution >= 4 is 17.6 Å². The normalized spacial score (nSPS) is 17.0. The molecule has 1 aliphatic heterocycles. The van der Waals surface area contributed by atoms with Crippen LogP contribution in [0.3, 0.4) is 0 Å². The van der Waals surface area contributed by atoms with Gasteiger partial charge in [-0.1, -0.05) is 31.4 Å². The number of carboxylic acids is 1. The third-order valence-corrected chi connectivity index (χ3v) is 6.96. The first-order valence-corrected chi connectivity index (χ1v) is 12.5. The fraction of sp³-hybridized carbons (Fsp3) is 0.481. The monoisotopic (exact) mass is 520 g/mol. The number of carbonyl (C=O) groups excluding carboxylic acids is 1. The molecular formula is C27H31F3N2O5. The zero-order chi connectivity index (χ0) is 26.6. The molecule has 1 atom stereocenters. The number of aliphatic carboxylic acids is 1. The van der Waals surface area contributed by atoms with Gasteiger partial charge in [0.15, 0.2) is 0 Å². The van der Waals surface area contributed by atoms with Gasteiger partial charge in [0, 0.05) is 6.07 Å². The number of amides is 1. The Morgan fingerprint density at radius 1 is 1.16 bits per heavy atom. The number of carbonyl (C=O) groups is 2. The minimum Gasteiger partial charge on any atom is -0.489 e. The van der Waals surface area contributed by atoms with Crippen molar-refractivity contribution in [1.82, 2.24) is 5.32 Å². The van der Waals surface area contributed by atoms with Crippen molar-refractivity contribution in [2.75, 3.05) is 25.1 Å². The van der Waals surface area contributed by atoms with E-state index >= 15 is 0 Å². The van der Waals surface area contributed by atoms with E-state index in [9.17, 15) is 22.8 Å². The van der Waals surface area contributed by atoms with Gasteiger partial charge in [-0.2, -0.15) is 13.2 Å². The predicted molar refractivity (Wildman–Crippen MR) is 131 cm³/mol. The number of carboxylic acid groups (broad SMARTS) is 1. The van der Waals surface area contributed by atoms with E-state index in [1.54, 1.807) is 30.3 Å². The number of anilines is 1. The molecule has 0 bridgehead atoms. The summed E-state index contributed by atoms with van der Waals surface area (Å²) in [5.41, 5.74) is 0.660. The van der Waals surface area contributed by atoms with Gasteiger partial charge in [0.05, 0.1) is 30.3 Å². The van der Waals surface area contributed by atoms with E-state index in [4.69, 9.17) is 14.6 Å². The Labute approximate surface area is 213 Å². The summed E-state index contributed by atoms with van der Waals surface area (Å²) in [6.07, 6.45) is -0.277. The Balaban J connectivity index is 1.49. The number of ether oxygens (including phenoxy) is 2. The number of hydrogen-bond donors (Lipinski definition) is 2. The van der Waals surface area contributed by atoms with Crippen LogP contribution in [-0.2, 0) is 22.4 Å². The van der Waals surface area contributed by atoms with Crippen LogP contribution in [0.2, 0.25) is 0 Å². The number of halogens is 3. The van der Waals surface area contributed by atoms with E-state index in [0.29, 0.717) is 28.3 Å². The van der Waals surface area contributed by atoms with E-state index in [1.807, 2.05) is 0 Å². The summed E-state index contributed by atoms with van der Waals surface area (Å²) >= 11 is 0. The van der Waals surface area contributed by atoms with Crippen molar-refractivity contribution in [3.8, 4) is 11.5 Å². The van der Waals surface area contributed by atoms with Gasteiger partial charge in [0.2, 0.25) is 5.91 Å². The number of likely N-dealkylation sites (N-methyl/N-ethyl adjacent to an activating group) is 1. The molecule has 10 heteroatoms. The number of nitrogens with zero attached hydrogens (tertiary/aromatic N) is 1. The van der Waals surface area contributed by atoms with Gasteiger partial charge >= 0.3 is 12.1 Å². The number of nitrogens with one attached hydrogen (secondary N) is 1. The van der Waals surface area contributed by atoms with Crippen molar-refractivity contribution in [2.24, 2.45) is 0 Å². The second kappa shape index (κ2) is 11.4. The van der Waals surface area contributed by atoms with Crippen LogP contribution in [0.5, 0.6) is 11.5 Å². The molecule has 2 aromatic carbocycles. The summed E-state index contributed by atoms with van der Waals surface area (Å²) in [4.78, 5) is 25.5. The van der Waals surface area contributed by atoms with Crippen LogP contribution in [0, 0.1) is 0 Å². The summed E-state index contributed by atoms with van der Waals surface area (Å²) in [6, 6.07) is 8.39. The highest BCUT2D eigenvalue weighted by Gasteiger charge is 2.36. The van der Waals surface area contributed by atoms with Gasteiger partial charge in [-0.3, -0.25) is 9.59 Å². The molecule has 2 aliphatic rings. The summed E-state index contributed by atoms with van der Waals surface area (Å²) < 4.78 is 53.1. The highest BCUT2D eigenvalue weighted by atomic mass is 19.4. The molecule has 0 aromatic heterocycles. The topological polar surface area (TPSA) is 88.1 Å². The first-order chi connectivity index (χ1) is 17.7. The van der Waals surface area contributed by atoms with Crippen molar-refractivity contribution in [3.63, 3.8) is 0 Å². The summed E-state index contributed by atoms with van der Waals surface area (Å²) in [6.45, 7) is 0.413. The maximum absolute atomic E-state index is 13.9.